The summed E-state index contributed by atoms with van der Waals surface area (Å²) in [7, 11) is 0. The van der Waals surface area contributed by atoms with Crippen LogP contribution < -0.4 is 11.5 Å². The predicted molar refractivity (Wildman–Crippen MR) is 77.7 cm³/mol. The highest BCUT2D eigenvalue weighted by molar-refractivity contribution is 5.00. The first-order chi connectivity index (χ1) is 7.95. The SMILES string of the molecule is CCCCC(CC)C(CC)(CC)C(N)(N)CC. The van der Waals surface area contributed by atoms with Crippen molar-refractivity contribution in [1.82, 2.24) is 0 Å². The average molecular weight is 242 g/mol. The van der Waals surface area contributed by atoms with Crippen molar-refractivity contribution in [2.75, 3.05) is 0 Å². The molecule has 0 saturated carbocycles. The fraction of sp³-hybridized carbons (Fsp3) is 1.00. The molecule has 17 heavy (non-hydrogen) atoms. The smallest absolute Gasteiger partial charge is 0.0694 e. The highest BCUT2D eigenvalue weighted by Crippen LogP contribution is 2.46. The minimum atomic E-state index is -0.523. The maximum absolute atomic E-state index is 6.44. The number of hydrogen-bond acceptors (Lipinski definition) is 2. The molecule has 0 spiro atoms. The van der Waals surface area contributed by atoms with Gasteiger partial charge < -0.3 is 11.5 Å². The topological polar surface area (TPSA) is 52.0 Å². The molecule has 1 unspecified atom stereocenters. The van der Waals surface area contributed by atoms with Gasteiger partial charge in [0.15, 0.2) is 0 Å². The highest BCUT2D eigenvalue weighted by Gasteiger charge is 2.46. The van der Waals surface area contributed by atoms with Gasteiger partial charge in [0, 0.05) is 5.41 Å². The van der Waals surface area contributed by atoms with Gasteiger partial charge in [-0.2, -0.15) is 0 Å². The van der Waals surface area contributed by atoms with Crippen LogP contribution in [0, 0.1) is 11.3 Å². The van der Waals surface area contributed by atoms with E-state index in [1.54, 1.807) is 0 Å². The van der Waals surface area contributed by atoms with Gasteiger partial charge in [-0.05, 0) is 31.6 Å². The van der Waals surface area contributed by atoms with E-state index < -0.39 is 5.66 Å². The predicted octanol–water partition coefficient (Wildman–Crippen LogP) is 4.03. The molecule has 0 rings (SSSR count). The molecule has 0 amide bonds. The van der Waals surface area contributed by atoms with E-state index in [0.29, 0.717) is 5.92 Å². The lowest BCUT2D eigenvalue weighted by Crippen LogP contribution is -2.64. The van der Waals surface area contributed by atoms with E-state index in [9.17, 15) is 0 Å². The fourth-order valence-corrected chi connectivity index (χ4v) is 3.54. The minimum Gasteiger partial charge on any atom is -0.313 e. The normalized spacial score (nSPS) is 15.0. The lowest BCUT2D eigenvalue weighted by molar-refractivity contribution is 0.0228. The largest absolute Gasteiger partial charge is 0.313 e. The van der Waals surface area contributed by atoms with Gasteiger partial charge in [-0.25, -0.2) is 0 Å². The van der Waals surface area contributed by atoms with Crippen LogP contribution in [-0.4, -0.2) is 5.66 Å². The highest BCUT2D eigenvalue weighted by atomic mass is 15.0. The van der Waals surface area contributed by atoms with E-state index in [1.165, 1.54) is 25.7 Å². The molecule has 0 bridgehead atoms. The summed E-state index contributed by atoms with van der Waals surface area (Å²) in [6, 6.07) is 0. The van der Waals surface area contributed by atoms with Gasteiger partial charge in [0.2, 0.25) is 0 Å². The Balaban J connectivity index is 5.13. The Bertz CT molecular complexity index is 195. The van der Waals surface area contributed by atoms with Gasteiger partial charge in [0.1, 0.15) is 0 Å². The number of rotatable bonds is 9. The van der Waals surface area contributed by atoms with Crippen molar-refractivity contribution in [3.63, 3.8) is 0 Å². The van der Waals surface area contributed by atoms with Crippen LogP contribution in [0.25, 0.3) is 0 Å². The minimum absolute atomic E-state index is 0.103. The van der Waals surface area contributed by atoms with Crippen LogP contribution in [0.3, 0.4) is 0 Å². The third-order valence-electron chi connectivity index (χ3n) is 4.95. The summed E-state index contributed by atoms with van der Waals surface area (Å²) in [6.07, 6.45) is 8.05. The molecule has 0 aliphatic carbocycles. The van der Waals surface area contributed by atoms with Crippen LogP contribution in [0.1, 0.15) is 79.6 Å². The van der Waals surface area contributed by atoms with E-state index in [-0.39, 0.29) is 5.41 Å². The van der Waals surface area contributed by atoms with Crippen molar-refractivity contribution in [3.8, 4) is 0 Å². The zero-order valence-corrected chi connectivity index (χ0v) is 12.7. The molecule has 0 saturated heterocycles. The molecule has 2 heteroatoms. The Morgan fingerprint density at radius 2 is 1.41 bits per heavy atom. The quantitative estimate of drug-likeness (QED) is 0.600. The second-order valence-corrected chi connectivity index (χ2v) is 5.50. The van der Waals surface area contributed by atoms with E-state index >= 15 is 0 Å². The molecular formula is C15H34N2. The second kappa shape index (κ2) is 7.38. The van der Waals surface area contributed by atoms with Gasteiger partial charge in [-0.1, -0.05) is 53.9 Å². The third kappa shape index (κ3) is 3.45. The zero-order chi connectivity index (χ0) is 13.5. The van der Waals surface area contributed by atoms with Crippen molar-refractivity contribution in [2.45, 2.75) is 85.2 Å². The molecule has 0 radical (unpaired) electrons. The maximum Gasteiger partial charge on any atom is 0.0694 e. The van der Waals surface area contributed by atoms with E-state index in [4.69, 9.17) is 11.5 Å². The first-order valence-corrected chi connectivity index (χ1v) is 7.53. The van der Waals surface area contributed by atoms with Gasteiger partial charge in [-0.3, -0.25) is 0 Å². The summed E-state index contributed by atoms with van der Waals surface area (Å²) in [5.74, 6) is 0.660. The van der Waals surface area contributed by atoms with Crippen LogP contribution >= 0.6 is 0 Å². The Kier molecular flexibility index (Phi) is 7.34. The third-order valence-corrected chi connectivity index (χ3v) is 4.95. The lowest BCUT2D eigenvalue weighted by atomic mass is 9.60. The molecule has 104 valence electrons. The van der Waals surface area contributed by atoms with Crippen LogP contribution in [0.15, 0.2) is 0 Å². The summed E-state index contributed by atoms with van der Waals surface area (Å²) in [6.45, 7) is 11.2. The molecular weight excluding hydrogens is 208 g/mol. The van der Waals surface area contributed by atoms with Gasteiger partial charge in [0.05, 0.1) is 5.66 Å². The second-order valence-electron chi connectivity index (χ2n) is 5.50. The summed E-state index contributed by atoms with van der Waals surface area (Å²) >= 11 is 0. The molecule has 0 aromatic carbocycles. The first-order valence-electron chi connectivity index (χ1n) is 7.53. The molecule has 0 aliphatic heterocycles. The van der Waals surface area contributed by atoms with Gasteiger partial charge >= 0.3 is 0 Å². The number of hydrogen-bond donors (Lipinski definition) is 2. The maximum atomic E-state index is 6.44. The van der Waals surface area contributed by atoms with Crippen molar-refractivity contribution in [2.24, 2.45) is 22.8 Å². The number of unbranched alkanes of at least 4 members (excludes halogenated alkanes) is 1. The van der Waals surface area contributed by atoms with Crippen LogP contribution in [0.4, 0.5) is 0 Å². The summed E-state index contributed by atoms with van der Waals surface area (Å²) in [5.41, 5.74) is 12.5. The van der Waals surface area contributed by atoms with E-state index in [1.807, 2.05) is 0 Å². The van der Waals surface area contributed by atoms with Gasteiger partial charge in [-0.15, -0.1) is 0 Å². The van der Waals surface area contributed by atoms with E-state index in [0.717, 1.165) is 19.3 Å². The Morgan fingerprint density at radius 1 is 0.882 bits per heavy atom. The van der Waals surface area contributed by atoms with Crippen LogP contribution in [0.2, 0.25) is 0 Å². The van der Waals surface area contributed by atoms with Crippen molar-refractivity contribution in [1.29, 1.82) is 0 Å². The van der Waals surface area contributed by atoms with E-state index in [2.05, 4.69) is 34.6 Å². The first kappa shape index (κ1) is 16.9. The van der Waals surface area contributed by atoms with Crippen LogP contribution in [0.5, 0.6) is 0 Å². The summed E-state index contributed by atoms with van der Waals surface area (Å²) < 4.78 is 0. The molecule has 0 aliphatic rings. The zero-order valence-electron chi connectivity index (χ0n) is 12.7. The summed E-state index contributed by atoms with van der Waals surface area (Å²) in [5, 5.41) is 0. The molecule has 4 N–H and O–H groups in total. The molecule has 0 heterocycles. The number of nitrogens with two attached hydrogens (primary N) is 2. The monoisotopic (exact) mass is 242 g/mol. The molecule has 0 aromatic heterocycles. The lowest BCUT2D eigenvalue weighted by Gasteiger charge is -2.50. The Labute approximate surface area is 109 Å². The standard InChI is InChI=1S/C15H34N2/c1-6-11-12-13(7-2)14(8-3,9-4)15(16,17)10-5/h13H,6-12,16-17H2,1-5H3. The molecule has 2 nitrogen and oxygen atoms in total. The van der Waals surface area contributed by atoms with Crippen LogP contribution in [-0.2, 0) is 0 Å². The fourth-order valence-electron chi connectivity index (χ4n) is 3.54. The Hall–Kier alpha value is -0.0800. The molecule has 0 fully saturated rings. The van der Waals surface area contributed by atoms with Crippen molar-refractivity contribution < 1.29 is 0 Å². The molecule has 0 aromatic rings. The summed E-state index contributed by atoms with van der Waals surface area (Å²) in [4.78, 5) is 0. The average Bonchev–Trinajstić information content (AvgIpc) is 2.34. The van der Waals surface area contributed by atoms with Crippen molar-refractivity contribution >= 4 is 0 Å². The Morgan fingerprint density at radius 3 is 1.71 bits per heavy atom. The molecule has 1 atom stereocenters. The van der Waals surface area contributed by atoms with Crippen molar-refractivity contribution in [3.05, 3.63) is 0 Å². The van der Waals surface area contributed by atoms with Gasteiger partial charge in [0.25, 0.3) is 0 Å².